The minimum absolute atomic E-state index is 0.678. The van der Waals surface area contributed by atoms with Gasteiger partial charge in [0.2, 0.25) is 0 Å². The van der Waals surface area contributed by atoms with Crippen LogP contribution in [0.4, 0.5) is 0 Å². The van der Waals surface area contributed by atoms with Gasteiger partial charge in [0, 0.05) is 0 Å². The second kappa shape index (κ2) is 8.08. The second-order valence-electron chi connectivity index (χ2n) is 9.25. The molecule has 166 valence electrons. The molecule has 0 bridgehead atoms. The number of benzene rings is 7. The largest absolute Gasteiger partial charge is 0.192 e. The third kappa shape index (κ3) is 3.09. The molecule has 36 heavy (non-hydrogen) atoms. The average molecular weight is 456 g/mol. The van der Waals surface area contributed by atoms with Gasteiger partial charge in [-0.05, 0) is 83.5 Å². The zero-order valence-corrected chi connectivity index (χ0v) is 19.6. The molecule has 0 amide bonds. The van der Waals surface area contributed by atoms with Crippen molar-refractivity contribution in [3.05, 3.63) is 133 Å². The maximum absolute atomic E-state index is 9.10. The van der Waals surface area contributed by atoms with E-state index in [1.807, 2.05) is 24.3 Å². The summed E-state index contributed by atoms with van der Waals surface area (Å²) < 4.78 is 0. The minimum atomic E-state index is 0.678. The van der Waals surface area contributed by atoms with E-state index >= 15 is 0 Å². The maximum Gasteiger partial charge on any atom is 0.0991 e. The van der Waals surface area contributed by atoms with Crippen molar-refractivity contribution in [1.82, 2.24) is 0 Å². The van der Waals surface area contributed by atoms with Crippen LogP contribution in [0.1, 0.15) is 5.56 Å². The van der Waals surface area contributed by atoms with Crippen molar-refractivity contribution in [3.63, 3.8) is 0 Å². The molecule has 0 fully saturated rings. The van der Waals surface area contributed by atoms with Gasteiger partial charge in [0.05, 0.1) is 11.6 Å². The van der Waals surface area contributed by atoms with Gasteiger partial charge in [0.15, 0.2) is 0 Å². The van der Waals surface area contributed by atoms with Crippen molar-refractivity contribution in [3.8, 4) is 28.3 Å². The fourth-order valence-corrected chi connectivity index (χ4v) is 5.59. The van der Waals surface area contributed by atoms with Gasteiger partial charge in [-0.1, -0.05) is 109 Å². The normalized spacial score (nSPS) is 11.3. The topological polar surface area (TPSA) is 23.8 Å². The molecule has 7 rings (SSSR count). The van der Waals surface area contributed by atoms with Crippen LogP contribution in [-0.4, -0.2) is 0 Å². The third-order valence-corrected chi connectivity index (χ3v) is 7.29. The summed E-state index contributed by atoms with van der Waals surface area (Å²) in [6, 6.07) is 47.4. The Morgan fingerprint density at radius 2 is 0.806 bits per heavy atom. The van der Waals surface area contributed by atoms with Gasteiger partial charge >= 0.3 is 0 Å². The van der Waals surface area contributed by atoms with Crippen LogP contribution >= 0.6 is 0 Å². The minimum Gasteiger partial charge on any atom is -0.192 e. The lowest BCUT2D eigenvalue weighted by Gasteiger charge is -2.16. The lowest BCUT2D eigenvalue weighted by atomic mass is 9.87. The Kier molecular flexibility index (Phi) is 4.59. The molecule has 0 saturated carbocycles. The van der Waals surface area contributed by atoms with Crippen LogP contribution in [0.5, 0.6) is 0 Å². The first-order valence-corrected chi connectivity index (χ1v) is 12.2. The van der Waals surface area contributed by atoms with E-state index in [2.05, 4.69) is 109 Å². The van der Waals surface area contributed by atoms with Crippen molar-refractivity contribution in [2.45, 2.75) is 0 Å². The van der Waals surface area contributed by atoms with Crippen LogP contribution in [-0.2, 0) is 0 Å². The summed E-state index contributed by atoms with van der Waals surface area (Å²) in [6.07, 6.45) is 0. The smallest absolute Gasteiger partial charge is 0.0991 e. The van der Waals surface area contributed by atoms with Crippen LogP contribution in [0.25, 0.3) is 65.3 Å². The van der Waals surface area contributed by atoms with Crippen molar-refractivity contribution in [2.75, 3.05) is 0 Å². The van der Waals surface area contributed by atoms with E-state index in [4.69, 9.17) is 5.26 Å². The summed E-state index contributed by atoms with van der Waals surface area (Å²) in [5.74, 6) is 0. The Labute approximate surface area is 209 Å². The molecule has 0 aliphatic rings. The maximum atomic E-state index is 9.10. The molecule has 0 atom stereocenters. The Morgan fingerprint density at radius 3 is 1.39 bits per heavy atom. The molecule has 1 heteroatoms. The standard InChI is InChI=1S/C35H21N/c36-22-23-13-15-24(16-14-23)25-17-19-26(20-18-25)33-21-34-29-9-2-1-7-27(29)28-8-3-5-11-31(28)35(34)32-12-6-4-10-30(32)33/h1-21H. The lowest BCUT2D eigenvalue weighted by Crippen LogP contribution is -1.89. The molecule has 0 aromatic heterocycles. The van der Waals surface area contributed by atoms with Crippen LogP contribution in [0.3, 0.4) is 0 Å². The molecule has 0 unspecified atom stereocenters. The van der Waals surface area contributed by atoms with Crippen LogP contribution in [0.2, 0.25) is 0 Å². The summed E-state index contributed by atoms with van der Waals surface area (Å²) in [5, 5.41) is 19.4. The summed E-state index contributed by atoms with van der Waals surface area (Å²) in [4.78, 5) is 0. The van der Waals surface area contributed by atoms with Crippen LogP contribution in [0, 0.1) is 11.3 Å². The molecule has 0 saturated heterocycles. The molecule has 7 aromatic rings. The third-order valence-electron chi connectivity index (χ3n) is 7.29. The predicted molar refractivity (Wildman–Crippen MR) is 152 cm³/mol. The van der Waals surface area contributed by atoms with E-state index in [0.29, 0.717) is 5.56 Å². The molecular weight excluding hydrogens is 434 g/mol. The van der Waals surface area contributed by atoms with Gasteiger partial charge in [0.25, 0.3) is 0 Å². The number of fused-ring (bicyclic) bond motifs is 8. The molecule has 0 aliphatic carbocycles. The van der Waals surface area contributed by atoms with Crippen LogP contribution in [0.15, 0.2) is 127 Å². The van der Waals surface area contributed by atoms with E-state index < -0.39 is 0 Å². The first-order chi connectivity index (χ1) is 17.8. The number of hydrogen-bond donors (Lipinski definition) is 0. The number of nitrogens with zero attached hydrogens (tertiary/aromatic N) is 1. The Morgan fingerprint density at radius 1 is 0.389 bits per heavy atom. The van der Waals surface area contributed by atoms with E-state index in [1.165, 1.54) is 54.2 Å². The summed E-state index contributed by atoms with van der Waals surface area (Å²) in [7, 11) is 0. The van der Waals surface area contributed by atoms with Gasteiger partial charge < -0.3 is 0 Å². The van der Waals surface area contributed by atoms with Gasteiger partial charge in [-0.15, -0.1) is 0 Å². The van der Waals surface area contributed by atoms with Gasteiger partial charge in [-0.3, -0.25) is 0 Å². The molecule has 0 radical (unpaired) electrons. The average Bonchev–Trinajstić information content (AvgIpc) is 2.97. The first-order valence-electron chi connectivity index (χ1n) is 12.2. The number of nitriles is 1. The molecular formula is C35H21N. The highest BCUT2D eigenvalue weighted by Crippen LogP contribution is 2.42. The quantitative estimate of drug-likeness (QED) is 0.238. The predicted octanol–water partition coefficient (Wildman–Crippen LogP) is 9.51. The molecule has 0 spiro atoms. The molecule has 7 aromatic carbocycles. The van der Waals surface area contributed by atoms with E-state index in [-0.39, 0.29) is 0 Å². The second-order valence-corrected chi connectivity index (χ2v) is 9.25. The summed E-state index contributed by atoms with van der Waals surface area (Å²) >= 11 is 0. The highest BCUT2D eigenvalue weighted by Gasteiger charge is 2.14. The van der Waals surface area contributed by atoms with Gasteiger partial charge in [-0.25, -0.2) is 0 Å². The Hall–Kier alpha value is -4.93. The zero-order chi connectivity index (χ0) is 24.1. The highest BCUT2D eigenvalue weighted by molar-refractivity contribution is 6.32. The molecule has 0 N–H and O–H groups in total. The zero-order valence-electron chi connectivity index (χ0n) is 19.6. The number of rotatable bonds is 2. The number of hydrogen-bond acceptors (Lipinski definition) is 1. The van der Waals surface area contributed by atoms with E-state index in [1.54, 1.807) is 0 Å². The van der Waals surface area contributed by atoms with Crippen molar-refractivity contribution in [1.29, 1.82) is 5.26 Å². The van der Waals surface area contributed by atoms with Crippen LogP contribution < -0.4 is 0 Å². The van der Waals surface area contributed by atoms with Gasteiger partial charge in [0.1, 0.15) is 0 Å². The fraction of sp³-hybridized carbons (Fsp3) is 0. The summed E-state index contributed by atoms with van der Waals surface area (Å²) in [5.41, 5.74) is 5.37. The molecule has 1 nitrogen and oxygen atoms in total. The van der Waals surface area contributed by atoms with E-state index in [0.717, 1.165) is 11.1 Å². The SMILES string of the molecule is N#Cc1ccc(-c2ccc(-c3cc4c5ccccc5c5ccccc5c4c4ccccc34)cc2)cc1. The van der Waals surface area contributed by atoms with Gasteiger partial charge in [-0.2, -0.15) is 5.26 Å². The van der Waals surface area contributed by atoms with Crippen molar-refractivity contribution >= 4 is 43.1 Å². The monoisotopic (exact) mass is 455 g/mol. The van der Waals surface area contributed by atoms with E-state index in [9.17, 15) is 0 Å². The Balaban J connectivity index is 1.51. The first kappa shape index (κ1) is 20.4. The fourth-order valence-electron chi connectivity index (χ4n) is 5.59. The molecule has 0 heterocycles. The highest BCUT2D eigenvalue weighted by atomic mass is 14.2. The van der Waals surface area contributed by atoms with Crippen molar-refractivity contribution in [2.24, 2.45) is 0 Å². The van der Waals surface area contributed by atoms with Crippen molar-refractivity contribution < 1.29 is 0 Å². The lowest BCUT2D eigenvalue weighted by molar-refractivity contribution is 1.48. The Bertz CT molecular complexity index is 1970. The summed E-state index contributed by atoms with van der Waals surface area (Å²) in [6.45, 7) is 0. The molecule has 0 aliphatic heterocycles.